The maximum atomic E-state index is 13.9. The van der Waals surface area contributed by atoms with Gasteiger partial charge in [0.25, 0.3) is 5.91 Å². The zero-order valence-electron chi connectivity index (χ0n) is 12.1. The summed E-state index contributed by atoms with van der Waals surface area (Å²) in [5.74, 6) is -1.08. The summed E-state index contributed by atoms with van der Waals surface area (Å²) < 4.78 is 20.4. The molecule has 1 amide bonds. The highest BCUT2D eigenvalue weighted by Crippen LogP contribution is 2.24. The quantitative estimate of drug-likeness (QED) is 0.842. The Labute approximate surface area is 117 Å². The number of nitrogens with one attached hydrogen (secondary N) is 1. The second-order valence-electron chi connectivity index (χ2n) is 5.36. The predicted molar refractivity (Wildman–Crippen MR) is 72.4 cm³/mol. The monoisotopic (exact) mass is 284 g/mol. The molecule has 0 saturated heterocycles. The third-order valence-corrected chi connectivity index (χ3v) is 3.23. The van der Waals surface area contributed by atoms with Gasteiger partial charge in [-0.15, -0.1) is 0 Å². The first-order valence-corrected chi connectivity index (χ1v) is 6.83. The Bertz CT molecular complexity index is 487. The maximum absolute atomic E-state index is 13.9. The van der Waals surface area contributed by atoms with Crippen molar-refractivity contribution in [2.45, 2.75) is 32.4 Å². The van der Waals surface area contributed by atoms with Gasteiger partial charge in [-0.3, -0.25) is 4.79 Å². The number of aromatic nitrogens is 2. The van der Waals surface area contributed by atoms with Gasteiger partial charge in [0.15, 0.2) is 5.69 Å². The van der Waals surface area contributed by atoms with Crippen molar-refractivity contribution in [2.75, 3.05) is 27.2 Å². The van der Waals surface area contributed by atoms with E-state index in [1.54, 1.807) is 0 Å². The van der Waals surface area contributed by atoms with E-state index in [9.17, 15) is 9.18 Å². The summed E-state index contributed by atoms with van der Waals surface area (Å²) in [6.07, 6.45) is 1.81. The van der Waals surface area contributed by atoms with Crippen LogP contribution in [0.4, 0.5) is 4.39 Å². The van der Waals surface area contributed by atoms with Gasteiger partial charge < -0.3 is 15.0 Å². The van der Waals surface area contributed by atoms with Crippen LogP contribution < -0.4 is 10.1 Å². The second-order valence-corrected chi connectivity index (χ2v) is 5.36. The minimum absolute atomic E-state index is 0.0145. The van der Waals surface area contributed by atoms with Crippen molar-refractivity contribution in [3.8, 4) is 5.88 Å². The van der Waals surface area contributed by atoms with Crippen LogP contribution in [0.5, 0.6) is 5.88 Å². The molecule has 1 atom stereocenters. The zero-order valence-corrected chi connectivity index (χ0v) is 12.1. The number of hydrogen-bond acceptors (Lipinski definition) is 4. The van der Waals surface area contributed by atoms with Crippen LogP contribution in [0.25, 0.3) is 0 Å². The van der Waals surface area contributed by atoms with E-state index in [0.29, 0.717) is 13.2 Å². The molecule has 1 N–H and O–H groups in total. The minimum Gasteiger partial charge on any atom is -0.474 e. The third-order valence-electron chi connectivity index (χ3n) is 3.23. The Morgan fingerprint density at radius 1 is 1.60 bits per heavy atom. The summed E-state index contributed by atoms with van der Waals surface area (Å²) in [6, 6.07) is -0.0145. The van der Waals surface area contributed by atoms with Gasteiger partial charge in [-0.05, 0) is 40.4 Å². The van der Waals surface area contributed by atoms with Gasteiger partial charge in [-0.2, -0.15) is 9.49 Å². The molecule has 1 aliphatic rings. The lowest BCUT2D eigenvalue weighted by molar-refractivity contribution is 0.0927. The van der Waals surface area contributed by atoms with Crippen LogP contribution in [-0.2, 0) is 6.54 Å². The first-order valence-electron chi connectivity index (χ1n) is 6.83. The van der Waals surface area contributed by atoms with Crippen molar-refractivity contribution in [3.63, 3.8) is 0 Å². The molecule has 0 spiro atoms. The number of amides is 1. The molecule has 7 heteroatoms. The Balaban J connectivity index is 1.88. The highest BCUT2D eigenvalue weighted by atomic mass is 19.1. The van der Waals surface area contributed by atoms with Gasteiger partial charge >= 0.3 is 0 Å². The van der Waals surface area contributed by atoms with Crippen LogP contribution in [0.1, 0.15) is 30.3 Å². The molecule has 2 heterocycles. The first-order chi connectivity index (χ1) is 9.49. The van der Waals surface area contributed by atoms with Crippen LogP contribution in [0.15, 0.2) is 0 Å². The summed E-state index contributed by atoms with van der Waals surface area (Å²) in [7, 11) is 4.01. The molecule has 6 nitrogen and oxygen atoms in total. The first kappa shape index (κ1) is 14.8. The molecule has 1 unspecified atom stereocenters. The SMILES string of the molecule is CC(CCCN(C)C)NC(=O)c1nn2c(c1F)OCC2. The molecular weight excluding hydrogens is 263 g/mol. The molecule has 0 radical (unpaired) electrons. The highest BCUT2D eigenvalue weighted by Gasteiger charge is 2.28. The number of hydrogen-bond donors (Lipinski definition) is 1. The largest absolute Gasteiger partial charge is 0.474 e. The Morgan fingerprint density at radius 2 is 2.35 bits per heavy atom. The topological polar surface area (TPSA) is 59.4 Å². The molecule has 2 rings (SSSR count). The molecule has 0 fully saturated rings. The molecule has 1 aromatic rings. The van der Waals surface area contributed by atoms with Gasteiger partial charge in [0.05, 0.1) is 6.54 Å². The van der Waals surface area contributed by atoms with Crippen molar-refractivity contribution < 1.29 is 13.9 Å². The van der Waals surface area contributed by atoms with Crippen LogP contribution in [0.2, 0.25) is 0 Å². The molecule has 20 heavy (non-hydrogen) atoms. The average Bonchev–Trinajstić information content (AvgIpc) is 2.92. The van der Waals surface area contributed by atoms with E-state index < -0.39 is 11.7 Å². The van der Waals surface area contributed by atoms with Crippen molar-refractivity contribution >= 4 is 5.91 Å². The Hall–Kier alpha value is -1.63. The van der Waals surface area contributed by atoms with Gasteiger partial charge in [0.1, 0.15) is 6.61 Å². The lowest BCUT2D eigenvalue weighted by Crippen LogP contribution is -2.34. The van der Waals surface area contributed by atoms with E-state index in [0.717, 1.165) is 19.4 Å². The minimum atomic E-state index is -0.666. The number of carbonyl (C=O) groups excluding carboxylic acids is 1. The maximum Gasteiger partial charge on any atom is 0.275 e. The predicted octanol–water partition coefficient (Wildman–Crippen LogP) is 0.875. The lowest BCUT2D eigenvalue weighted by Gasteiger charge is -2.15. The normalized spacial score (nSPS) is 15.1. The van der Waals surface area contributed by atoms with E-state index in [1.807, 2.05) is 21.0 Å². The molecule has 0 aliphatic carbocycles. The summed E-state index contributed by atoms with van der Waals surface area (Å²) in [5, 5.41) is 6.72. The average molecular weight is 284 g/mol. The van der Waals surface area contributed by atoms with Crippen molar-refractivity contribution in [2.24, 2.45) is 0 Å². The van der Waals surface area contributed by atoms with Crippen LogP contribution in [0.3, 0.4) is 0 Å². The van der Waals surface area contributed by atoms with Gasteiger partial charge in [-0.1, -0.05) is 0 Å². The molecule has 1 aromatic heterocycles. The third kappa shape index (κ3) is 3.27. The lowest BCUT2D eigenvalue weighted by atomic mass is 10.1. The van der Waals surface area contributed by atoms with Crippen LogP contribution >= 0.6 is 0 Å². The van der Waals surface area contributed by atoms with Crippen molar-refractivity contribution in [1.29, 1.82) is 0 Å². The number of ether oxygens (including phenoxy) is 1. The highest BCUT2D eigenvalue weighted by molar-refractivity contribution is 5.93. The molecule has 0 aromatic carbocycles. The van der Waals surface area contributed by atoms with E-state index in [1.165, 1.54) is 4.68 Å². The molecule has 0 bridgehead atoms. The van der Waals surface area contributed by atoms with Crippen LogP contribution in [-0.4, -0.2) is 53.9 Å². The van der Waals surface area contributed by atoms with Gasteiger partial charge in [-0.25, -0.2) is 4.68 Å². The van der Waals surface area contributed by atoms with Crippen molar-refractivity contribution in [3.05, 3.63) is 11.5 Å². The number of nitrogens with zero attached hydrogens (tertiary/aromatic N) is 3. The fraction of sp³-hybridized carbons (Fsp3) is 0.692. The standard InChI is InChI=1S/C13H21FN4O2/c1-9(5-4-6-17(2)3)15-12(19)11-10(14)13-18(16-11)7-8-20-13/h9H,4-8H2,1-3H3,(H,15,19). The van der Waals surface area contributed by atoms with Crippen LogP contribution in [0, 0.1) is 5.82 Å². The van der Waals surface area contributed by atoms with E-state index in [-0.39, 0.29) is 17.6 Å². The Kier molecular flexibility index (Phi) is 4.59. The van der Waals surface area contributed by atoms with E-state index >= 15 is 0 Å². The van der Waals surface area contributed by atoms with Crippen molar-refractivity contribution in [1.82, 2.24) is 20.0 Å². The molecule has 1 aliphatic heterocycles. The molecular formula is C13H21FN4O2. The number of halogens is 1. The number of rotatable bonds is 6. The molecule has 0 saturated carbocycles. The summed E-state index contributed by atoms with van der Waals surface area (Å²) >= 11 is 0. The fourth-order valence-electron chi connectivity index (χ4n) is 2.17. The van der Waals surface area contributed by atoms with Gasteiger partial charge in [0.2, 0.25) is 11.7 Å². The summed E-state index contributed by atoms with van der Waals surface area (Å²) in [6.45, 7) is 3.76. The smallest absolute Gasteiger partial charge is 0.275 e. The number of carbonyl (C=O) groups is 1. The van der Waals surface area contributed by atoms with Gasteiger partial charge in [0, 0.05) is 6.04 Å². The Morgan fingerprint density at radius 3 is 3.00 bits per heavy atom. The fourth-order valence-corrected chi connectivity index (χ4v) is 2.17. The second kappa shape index (κ2) is 6.21. The number of fused-ring (bicyclic) bond motifs is 1. The summed E-state index contributed by atoms with van der Waals surface area (Å²) in [5.41, 5.74) is -0.181. The van der Waals surface area contributed by atoms with E-state index in [4.69, 9.17) is 4.74 Å². The molecule has 112 valence electrons. The van der Waals surface area contributed by atoms with E-state index in [2.05, 4.69) is 15.3 Å². The summed E-state index contributed by atoms with van der Waals surface area (Å²) in [4.78, 5) is 14.1. The zero-order chi connectivity index (χ0) is 14.7.